The molecule has 4 amide bonds. The van der Waals surface area contributed by atoms with Crippen LogP contribution in [0.1, 0.15) is 5.56 Å². The third-order valence-electron chi connectivity index (χ3n) is 4.38. The van der Waals surface area contributed by atoms with Gasteiger partial charge in [-0.1, -0.05) is 30.3 Å². The summed E-state index contributed by atoms with van der Waals surface area (Å²) in [5.74, 6) is -2.24. The quantitative estimate of drug-likeness (QED) is 0.583. The number of hydrogen-bond acceptors (Lipinski definition) is 6. The first-order chi connectivity index (χ1) is 12.6. The fraction of sp³-hybridized carbons (Fsp3) is 0.444. The van der Waals surface area contributed by atoms with E-state index < -0.39 is 23.8 Å². The molecule has 2 saturated heterocycles. The number of rotatable bonds is 6. The number of hydrogen-bond donors (Lipinski definition) is 1. The molecule has 8 heteroatoms. The predicted molar refractivity (Wildman–Crippen MR) is 94.6 cm³/mol. The van der Waals surface area contributed by atoms with E-state index in [-0.39, 0.29) is 6.54 Å². The average Bonchev–Trinajstić information content (AvgIpc) is 2.66. The smallest absolute Gasteiger partial charge is 0.331 e. The van der Waals surface area contributed by atoms with Crippen LogP contribution in [-0.2, 0) is 20.9 Å². The van der Waals surface area contributed by atoms with Gasteiger partial charge in [0.05, 0.1) is 26.3 Å². The molecule has 1 N–H and O–H groups in total. The highest BCUT2D eigenvalue weighted by Gasteiger charge is 2.39. The Bertz CT molecular complexity index is 686. The van der Waals surface area contributed by atoms with Gasteiger partial charge < -0.3 is 4.74 Å². The number of carbonyl (C=O) groups is 3. The molecule has 0 aromatic heterocycles. The Kier molecular flexibility index (Phi) is 6.08. The van der Waals surface area contributed by atoms with Gasteiger partial charge in [-0.2, -0.15) is 0 Å². The minimum Gasteiger partial charge on any atom is -0.379 e. The van der Waals surface area contributed by atoms with Gasteiger partial charge in [-0.3, -0.25) is 29.7 Å². The maximum atomic E-state index is 12.6. The molecule has 0 bridgehead atoms. The topological polar surface area (TPSA) is 91.3 Å². The molecular formula is C18H22N4O4. The van der Waals surface area contributed by atoms with E-state index in [1.54, 1.807) is 0 Å². The minimum atomic E-state index is -1.07. The molecular weight excluding hydrogens is 336 g/mol. The maximum Gasteiger partial charge on any atom is 0.331 e. The number of urea groups is 1. The number of carbonyl (C=O) groups excluding carboxylic acids is 3. The van der Waals surface area contributed by atoms with Gasteiger partial charge in [0.25, 0.3) is 0 Å². The molecule has 138 valence electrons. The summed E-state index contributed by atoms with van der Waals surface area (Å²) >= 11 is 0. The molecule has 0 unspecified atom stereocenters. The summed E-state index contributed by atoms with van der Waals surface area (Å²) in [6.45, 7) is 4.50. The highest BCUT2D eigenvalue weighted by atomic mass is 16.5. The van der Waals surface area contributed by atoms with Crippen LogP contribution >= 0.6 is 0 Å². The number of aliphatic imine (C=N–C) groups is 1. The van der Waals surface area contributed by atoms with Crippen molar-refractivity contribution >= 4 is 24.1 Å². The number of nitrogens with one attached hydrogen (secondary N) is 1. The number of barbiturate groups is 1. The second kappa shape index (κ2) is 8.68. The van der Waals surface area contributed by atoms with Crippen molar-refractivity contribution in [2.24, 2.45) is 10.9 Å². The largest absolute Gasteiger partial charge is 0.379 e. The van der Waals surface area contributed by atoms with E-state index in [9.17, 15) is 14.4 Å². The van der Waals surface area contributed by atoms with Crippen molar-refractivity contribution in [2.75, 3.05) is 39.4 Å². The lowest BCUT2D eigenvalue weighted by Gasteiger charge is -2.28. The van der Waals surface area contributed by atoms with Crippen LogP contribution in [0.25, 0.3) is 0 Å². The molecule has 2 heterocycles. The van der Waals surface area contributed by atoms with E-state index in [0.717, 1.165) is 30.1 Å². The average molecular weight is 358 g/mol. The van der Waals surface area contributed by atoms with Crippen molar-refractivity contribution in [1.29, 1.82) is 0 Å². The third kappa shape index (κ3) is 4.53. The molecule has 1 atom stereocenters. The summed E-state index contributed by atoms with van der Waals surface area (Å²) < 4.78 is 5.28. The van der Waals surface area contributed by atoms with E-state index in [2.05, 4.69) is 15.2 Å². The fourth-order valence-corrected chi connectivity index (χ4v) is 2.88. The Morgan fingerprint density at radius 2 is 1.88 bits per heavy atom. The lowest BCUT2D eigenvalue weighted by molar-refractivity contribution is -0.139. The third-order valence-corrected chi connectivity index (χ3v) is 4.38. The Balaban J connectivity index is 1.58. The Morgan fingerprint density at radius 1 is 1.15 bits per heavy atom. The number of ether oxygens (including phenoxy) is 1. The van der Waals surface area contributed by atoms with E-state index in [4.69, 9.17) is 4.74 Å². The van der Waals surface area contributed by atoms with Gasteiger partial charge in [-0.05, 0) is 5.56 Å². The van der Waals surface area contributed by atoms with Crippen LogP contribution in [0, 0.1) is 5.92 Å². The molecule has 0 radical (unpaired) electrons. The summed E-state index contributed by atoms with van der Waals surface area (Å²) in [6, 6.07) is 8.47. The molecule has 26 heavy (non-hydrogen) atoms. The number of amides is 4. The van der Waals surface area contributed by atoms with Crippen molar-refractivity contribution < 1.29 is 19.1 Å². The highest BCUT2D eigenvalue weighted by molar-refractivity contribution is 6.23. The van der Waals surface area contributed by atoms with E-state index >= 15 is 0 Å². The second-order valence-corrected chi connectivity index (χ2v) is 6.19. The van der Waals surface area contributed by atoms with Crippen LogP contribution in [0.15, 0.2) is 35.3 Å². The van der Waals surface area contributed by atoms with Crippen LogP contribution in [0.4, 0.5) is 4.79 Å². The molecule has 2 fully saturated rings. The molecule has 0 aliphatic carbocycles. The number of morpholine rings is 1. The van der Waals surface area contributed by atoms with Gasteiger partial charge in [-0.15, -0.1) is 0 Å². The molecule has 0 saturated carbocycles. The zero-order chi connectivity index (χ0) is 18.4. The van der Waals surface area contributed by atoms with Crippen molar-refractivity contribution in [3.8, 4) is 0 Å². The number of imide groups is 2. The van der Waals surface area contributed by atoms with Gasteiger partial charge in [0.2, 0.25) is 11.8 Å². The Labute approximate surface area is 151 Å². The predicted octanol–water partition coefficient (Wildman–Crippen LogP) is 0.284. The van der Waals surface area contributed by atoms with Crippen LogP contribution in [-0.4, -0.2) is 73.3 Å². The lowest BCUT2D eigenvalue weighted by Crippen LogP contribution is -2.57. The van der Waals surface area contributed by atoms with Crippen molar-refractivity contribution in [3.63, 3.8) is 0 Å². The van der Waals surface area contributed by atoms with E-state index in [1.165, 1.54) is 6.21 Å². The Morgan fingerprint density at radius 3 is 2.62 bits per heavy atom. The van der Waals surface area contributed by atoms with Crippen LogP contribution in [0.3, 0.4) is 0 Å². The van der Waals surface area contributed by atoms with E-state index in [1.807, 2.05) is 30.3 Å². The first-order valence-corrected chi connectivity index (χ1v) is 8.65. The molecule has 8 nitrogen and oxygen atoms in total. The Hall–Kier alpha value is -2.58. The minimum absolute atomic E-state index is 0.122. The van der Waals surface area contributed by atoms with E-state index in [0.29, 0.717) is 19.8 Å². The first kappa shape index (κ1) is 18.2. The summed E-state index contributed by atoms with van der Waals surface area (Å²) in [5.41, 5.74) is 0.813. The zero-order valence-electron chi connectivity index (χ0n) is 14.5. The van der Waals surface area contributed by atoms with Crippen LogP contribution in [0.5, 0.6) is 0 Å². The molecule has 3 rings (SSSR count). The SMILES string of the molecule is O=C1NC(=O)N(Cc2ccccc2)C(=O)[C@H]1C=NCCN1CCOCC1. The molecule has 2 aliphatic rings. The van der Waals surface area contributed by atoms with Crippen molar-refractivity contribution in [2.45, 2.75) is 6.54 Å². The van der Waals surface area contributed by atoms with Gasteiger partial charge >= 0.3 is 6.03 Å². The standard InChI is InChI=1S/C18H22N4O4/c23-16-15(12-19-6-7-21-8-10-26-11-9-21)17(24)22(18(25)20-16)13-14-4-2-1-3-5-14/h1-5,12,15H,6-11,13H2,(H,20,23,25)/t15-/m0/s1. The monoisotopic (exact) mass is 358 g/mol. The zero-order valence-corrected chi connectivity index (χ0v) is 14.5. The molecule has 0 spiro atoms. The van der Waals surface area contributed by atoms with Gasteiger partial charge in [0.1, 0.15) is 0 Å². The normalized spacial score (nSPS) is 22.1. The number of nitrogens with zero attached hydrogens (tertiary/aromatic N) is 3. The fourth-order valence-electron chi connectivity index (χ4n) is 2.88. The highest BCUT2D eigenvalue weighted by Crippen LogP contribution is 2.13. The van der Waals surface area contributed by atoms with Crippen molar-refractivity contribution in [3.05, 3.63) is 35.9 Å². The second-order valence-electron chi connectivity index (χ2n) is 6.19. The van der Waals surface area contributed by atoms with Gasteiger partial charge in [0, 0.05) is 25.8 Å². The summed E-state index contributed by atoms with van der Waals surface area (Å²) in [6.07, 6.45) is 1.35. The summed E-state index contributed by atoms with van der Waals surface area (Å²) in [7, 11) is 0. The lowest BCUT2D eigenvalue weighted by atomic mass is 10.1. The molecule has 2 aliphatic heterocycles. The molecule has 1 aromatic rings. The summed E-state index contributed by atoms with van der Waals surface area (Å²) in [4.78, 5) is 44.1. The molecule has 1 aromatic carbocycles. The maximum absolute atomic E-state index is 12.6. The van der Waals surface area contributed by atoms with Crippen LogP contribution < -0.4 is 5.32 Å². The summed E-state index contributed by atoms with van der Waals surface area (Å²) in [5, 5.41) is 2.23. The van der Waals surface area contributed by atoms with Gasteiger partial charge in [-0.25, -0.2) is 4.79 Å². The van der Waals surface area contributed by atoms with Crippen LogP contribution in [0.2, 0.25) is 0 Å². The first-order valence-electron chi connectivity index (χ1n) is 8.65. The van der Waals surface area contributed by atoms with Crippen molar-refractivity contribution in [1.82, 2.24) is 15.1 Å². The van der Waals surface area contributed by atoms with Gasteiger partial charge in [0.15, 0.2) is 5.92 Å². The number of benzene rings is 1.